The summed E-state index contributed by atoms with van der Waals surface area (Å²) in [4.78, 5) is 37.2. The molecule has 7 heteroatoms. The van der Waals surface area contributed by atoms with Crippen molar-refractivity contribution in [1.29, 1.82) is 0 Å². The smallest absolute Gasteiger partial charge is 0.323 e. The number of carbonyl (C=O) groups excluding carboxylic acids is 2. The van der Waals surface area contributed by atoms with Gasteiger partial charge in [-0.15, -0.1) is 11.3 Å². The van der Waals surface area contributed by atoms with E-state index in [2.05, 4.69) is 5.32 Å². The molecule has 110 valence electrons. The summed E-state index contributed by atoms with van der Waals surface area (Å²) in [6, 6.07) is 3.28. The van der Waals surface area contributed by atoms with E-state index in [0.29, 0.717) is 4.88 Å². The normalized spacial score (nSPS) is 10.4. The first-order chi connectivity index (χ1) is 9.31. The van der Waals surface area contributed by atoms with Crippen LogP contribution in [0.5, 0.6) is 0 Å². The van der Waals surface area contributed by atoms with Gasteiger partial charge in [0.1, 0.15) is 6.54 Å². The number of aliphatic carboxylic acids is 1. The van der Waals surface area contributed by atoms with Crippen LogP contribution in [0.3, 0.4) is 0 Å². The van der Waals surface area contributed by atoms with Gasteiger partial charge in [-0.05, 0) is 32.9 Å². The Bertz CT molecular complexity index is 510. The molecule has 0 aliphatic rings. The Morgan fingerprint density at radius 3 is 2.45 bits per heavy atom. The van der Waals surface area contributed by atoms with Crippen LogP contribution in [0.1, 0.15) is 28.4 Å². The lowest BCUT2D eigenvalue weighted by Crippen LogP contribution is -2.45. The van der Waals surface area contributed by atoms with E-state index >= 15 is 0 Å². The minimum absolute atomic E-state index is 0.207. The molecule has 0 atom stereocenters. The lowest BCUT2D eigenvalue weighted by Gasteiger charge is -2.24. The van der Waals surface area contributed by atoms with Crippen LogP contribution in [0.25, 0.3) is 0 Å². The lowest BCUT2D eigenvalue weighted by atomic mass is 10.3. The maximum atomic E-state index is 11.9. The zero-order chi connectivity index (χ0) is 15.3. The molecule has 2 N–H and O–H groups in total. The van der Waals surface area contributed by atoms with Crippen molar-refractivity contribution in [3.05, 3.63) is 21.9 Å². The number of rotatable bonds is 6. The van der Waals surface area contributed by atoms with E-state index in [0.717, 1.165) is 4.88 Å². The SMILES string of the molecule is Cc1ccc(C(=O)NCC(=O)N(CC(=O)O)C(C)C)s1. The van der Waals surface area contributed by atoms with Crippen molar-refractivity contribution < 1.29 is 19.5 Å². The van der Waals surface area contributed by atoms with E-state index in [4.69, 9.17) is 5.11 Å². The maximum absolute atomic E-state index is 11.9. The molecule has 2 amide bonds. The molecule has 0 aliphatic heterocycles. The molecule has 6 nitrogen and oxygen atoms in total. The predicted octanol–water partition coefficient (Wildman–Crippen LogP) is 1.11. The molecule has 0 saturated carbocycles. The topological polar surface area (TPSA) is 86.7 Å². The fourth-order valence-corrected chi connectivity index (χ4v) is 2.39. The standard InChI is InChI=1S/C13H18N2O4S/c1-8(2)15(7-12(17)18)11(16)6-14-13(19)10-5-4-9(3)20-10/h4-5,8H,6-7H2,1-3H3,(H,14,19)(H,17,18). The third kappa shape index (κ3) is 4.65. The second-order valence-electron chi connectivity index (χ2n) is 4.60. The molecule has 0 fully saturated rings. The Balaban J connectivity index is 2.56. The average molecular weight is 298 g/mol. The van der Waals surface area contributed by atoms with E-state index in [1.807, 2.05) is 13.0 Å². The van der Waals surface area contributed by atoms with Crippen LogP contribution < -0.4 is 5.32 Å². The highest BCUT2D eigenvalue weighted by atomic mass is 32.1. The minimum Gasteiger partial charge on any atom is -0.480 e. The fraction of sp³-hybridized carbons (Fsp3) is 0.462. The number of carbonyl (C=O) groups is 3. The van der Waals surface area contributed by atoms with Crippen LogP contribution in [-0.4, -0.2) is 46.9 Å². The number of aryl methyl sites for hydroxylation is 1. The zero-order valence-corrected chi connectivity index (χ0v) is 12.5. The van der Waals surface area contributed by atoms with Crippen molar-refractivity contribution in [3.63, 3.8) is 0 Å². The summed E-state index contributed by atoms with van der Waals surface area (Å²) in [5.74, 6) is -1.81. The quantitative estimate of drug-likeness (QED) is 0.823. The van der Waals surface area contributed by atoms with Gasteiger partial charge in [-0.25, -0.2) is 0 Å². The van der Waals surface area contributed by atoms with Crippen molar-refractivity contribution >= 4 is 29.1 Å². The van der Waals surface area contributed by atoms with Gasteiger partial charge in [0.25, 0.3) is 5.91 Å². The van der Waals surface area contributed by atoms with E-state index in [-0.39, 0.29) is 25.0 Å². The number of amides is 2. The summed E-state index contributed by atoms with van der Waals surface area (Å²) in [7, 11) is 0. The first-order valence-corrected chi connectivity index (χ1v) is 6.98. The molecule has 0 bridgehead atoms. The van der Waals surface area contributed by atoms with Crippen molar-refractivity contribution in [2.45, 2.75) is 26.8 Å². The number of thiophene rings is 1. The second kappa shape index (κ2) is 7.04. The second-order valence-corrected chi connectivity index (χ2v) is 5.89. The largest absolute Gasteiger partial charge is 0.480 e. The first kappa shape index (κ1) is 16.2. The summed E-state index contributed by atoms with van der Waals surface area (Å²) in [5.41, 5.74) is 0. The highest BCUT2D eigenvalue weighted by Gasteiger charge is 2.20. The third-order valence-corrected chi connectivity index (χ3v) is 3.61. The van der Waals surface area contributed by atoms with Crippen LogP contribution in [0.15, 0.2) is 12.1 Å². The molecule has 20 heavy (non-hydrogen) atoms. The Hall–Kier alpha value is -1.89. The molecule has 0 aromatic carbocycles. The first-order valence-electron chi connectivity index (χ1n) is 6.17. The molecule has 1 aromatic heterocycles. The molecule has 0 saturated heterocycles. The van der Waals surface area contributed by atoms with Crippen LogP contribution in [0, 0.1) is 6.92 Å². The molecule has 0 aliphatic carbocycles. The Labute approximate surface area is 121 Å². The predicted molar refractivity (Wildman–Crippen MR) is 75.9 cm³/mol. The van der Waals surface area contributed by atoms with Gasteiger partial charge in [-0.2, -0.15) is 0 Å². The monoisotopic (exact) mass is 298 g/mol. The number of hydrogen-bond donors (Lipinski definition) is 2. The van der Waals surface area contributed by atoms with Gasteiger partial charge in [0.05, 0.1) is 11.4 Å². The summed E-state index contributed by atoms with van der Waals surface area (Å²) < 4.78 is 0. The summed E-state index contributed by atoms with van der Waals surface area (Å²) in [5, 5.41) is 11.3. The van der Waals surface area contributed by atoms with Gasteiger partial charge < -0.3 is 15.3 Å². The van der Waals surface area contributed by atoms with Gasteiger partial charge in [-0.1, -0.05) is 0 Å². The number of carboxylic acids is 1. The number of nitrogens with one attached hydrogen (secondary N) is 1. The highest BCUT2D eigenvalue weighted by molar-refractivity contribution is 7.13. The lowest BCUT2D eigenvalue weighted by molar-refractivity contribution is -0.145. The zero-order valence-electron chi connectivity index (χ0n) is 11.7. The van der Waals surface area contributed by atoms with Crippen LogP contribution in [0.4, 0.5) is 0 Å². The minimum atomic E-state index is -1.08. The Kier molecular flexibility index (Phi) is 5.69. The fourth-order valence-electron chi connectivity index (χ4n) is 1.61. The molecular weight excluding hydrogens is 280 g/mol. The van der Waals surface area contributed by atoms with Gasteiger partial charge >= 0.3 is 5.97 Å². The van der Waals surface area contributed by atoms with E-state index in [1.54, 1.807) is 19.9 Å². The maximum Gasteiger partial charge on any atom is 0.323 e. The number of nitrogens with zero attached hydrogens (tertiary/aromatic N) is 1. The summed E-state index contributed by atoms with van der Waals surface area (Å²) in [6.07, 6.45) is 0. The van der Waals surface area contributed by atoms with Gasteiger partial charge in [0.2, 0.25) is 5.91 Å². The Morgan fingerprint density at radius 1 is 1.35 bits per heavy atom. The van der Waals surface area contributed by atoms with Crippen molar-refractivity contribution in [1.82, 2.24) is 10.2 Å². The molecule has 0 radical (unpaired) electrons. The average Bonchev–Trinajstić information content (AvgIpc) is 2.78. The van der Waals surface area contributed by atoms with Crippen LogP contribution in [-0.2, 0) is 9.59 Å². The molecule has 0 spiro atoms. The highest BCUT2D eigenvalue weighted by Crippen LogP contribution is 2.14. The molecule has 1 rings (SSSR count). The van der Waals surface area contributed by atoms with Crippen LogP contribution in [0.2, 0.25) is 0 Å². The third-order valence-electron chi connectivity index (χ3n) is 2.61. The van der Waals surface area contributed by atoms with Crippen molar-refractivity contribution in [2.75, 3.05) is 13.1 Å². The summed E-state index contributed by atoms with van der Waals surface area (Å²) >= 11 is 1.34. The van der Waals surface area contributed by atoms with Crippen molar-refractivity contribution in [2.24, 2.45) is 0 Å². The van der Waals surface area contributed by atoms with E-state index in [1.165, 1.54) is 16.2 Å². The van der Waals surface area contributed by atoms with E-state index in [9.17, 15) is 14.4 Å². The van der Waals surface area contributed by atoms with E-state index < -0.39 is 11.9 Å². The number of hydrogen-bond acceptors (Lipinski definition) is 4. The molecular formula is C13H18N2O4S. The van der Waals surface area contributed by atoms with Gasteiger partial charge in [-0.3, -0.25) is 14.4 Å². The Morgan fingerprint density at radius 2 is 2.00 bits per heavy atom. The number of carboxylic acid groups (broad SMARTS) is 1. The molecule has 1 heterocycles. The van der Waals surface area contributed by atoms with Crippen molar-refractivity contribution in [3.8, 4) is 0 Å². The van der Waals surface area contributed by atoms with Gasteiger partial charge in [0, 0.05) is 10.9 Å². The summed E-state index contributed by atoms with van der Waals surface area (Å²) in [6.45, 7) is 4.77. The molecule has 0 unspecified atom stereocenters. The van der Waals surface area contributed by atoms with Gasteiger partial charge in [0.15, 0.2) is 0 Å². The van der Waals surface area contributed by atoms with Crippen LogP contribution >= 0.6 is 11.3 Å². The molecule has 1 aromatic rings.